The molecule has 0 aliphatic carbocycles. The molecular weight excluding hydrogens is 216 g/mol. The predicted molar refractivity (Wildman–Crippen MR) is 56.3 cm³/mol. The number of thioether (sulfide) groups is 1. The highest BCUT2D eigenvalue weighted by molar-refractivity contribution is 8.01. The molecular formula is C9H14N2O3S. The van der Waals surface area contributed by atoms with E-state index in [-0.39, 0.29) is 17.8 Å². The maximum absolute atomic E-state index is 11.5. The summed E-state index contributed by atoms with van der Waals surface area (Å²) in [6.07, 6.45) is 0.434. The lowest BCUT2D eigenvalue weighted by Gasteiger charge is -2.45. The number of nitrogens with zero attached hydrogens (tertiary/aromatic N) is 1. The zero-order chi connectivity index (χ0) is 11.4. The van der Waals surface area contributed by atoms with Gasteiger partial charge in [-0.3, -0.25) is 4.79 Å². The number of β-lactam (4-membered cyclic amide) rings is 1. The second-order valence-electron chi connectivity index (χ2n) is 4.42. The second-order valence-corrected chi connectivity index (χ2v) is 6.22. The summed E-state index contributed by atoms with van der Waals surface area (Å²) in [5, 5.41) is 9.34. The van der Waals surface area contributed by atoms with Crippen LogP contribution in [-0.4, -0.2) is 44.1 Å². The van der Waals surface area contributed by atoms with Gasteiger partial charge in [0.05, 0.1) is 11.8 Å². The van der Waals surface area contributed by atoms with Crippen molar-refractivity contribution < 1.29 is 14.7 Å². The number of nitrogens with two attached hydrogens (primary N) is 1. The van der Waals surface area contributed by atoms with E-state index < -0.39 is 16.3 Å². The van der Waals surface area contributed by atoms with Crippen molar-refractivity contribution in [2.75, 3.05) is 6.54 Å². The van der Waals surface area contributed by atoms with Gasteiger partial charge in [-0.15, -0.1) is 11.8 Å². The zero-order valence-corrected chi connectivity index (χ0v) is 9.50. The normalized spacial score (nSPS) is 37.4. The molecule has 1 amide bonds. The Hall–Kier alpha value is -0.750. The first kappa shape index (κ1) is 10.8. The van der Waals surface area contributed by atoms with Crippen molar-refractivity contribution in [2.45, 2.75) is 35.9 Å². The Labute approximate surface area is 92.0 Å². The van der Waals surface area contributed by atoms with Crippen molar-refractivity contribution in [1.29, 1.82) is 0 Å². The Morgan fingerprint density at radius 2 is 2.33 bits per heavy atom. The van der Waals surface area contributed by atoms with Gasteiger partial charge >= 0.3 is 5.97 Å². The predicted octanol–water partition coefficient (Wildman–Crippen LogP) is -0.148. The summed E-state index contributed by atoms with van der Waals surface area (Å²) in [6.45, 7) is 3.64. The number of aliphatic carboxylic acids is 1. The third-order valence-corrected chi connectivity index (χ3v) is 4.97. The lowest BCUT2D eigenvalue weighted by molar-refractivity contribution is -0.167. The summed E-state index contributed by atoms with van der Waals surface area (Å²) in [7, 11) is 0. The topological polar surface area (TPSA) is 83.6 Å². The zero-order valence-electron chi connectivity index (χ0n) is 8.69. The number of carboxylic acids is 1. The van der Waals surface area contributed by atoms with Crippen LogP contribution in [0.4, 0.5) is 0 Å². The summed E-state index contributed by atoms with van der Waals surface area (Å²) in [6, 6.07) is 0. The first-order valence-corrected chi connectivity index (χ1v) is 5.68. The maximum Gasteiger partial charge on any atom is 0.332 e. The largest absolute Gasteiger partial charge is 0.479 e. The fourth-order valence-corrected chi connectivity index (χ4v) is 4.23. The summed E-state index contributed by atoms with van der Waals surface area (Å²) < 4.78 is -0.537. The summed E-state index contributed by atoms with van der Waals surface area (Å²) in [5.41, 5.74) is 4.37. The first-order valence-electron chi connectivity index (χ1n) is 4.80. The first-order chi connectivity index (χ1) is 6.87. The highest BCUT2D eigenvalue weighted by atomic mass is 32.2. The van der Waals surface area contributed by atoms with Crippen LogP contribution in [0.2, 0.25) is 0 Å². The number of carbonyl (C=O) groups is 2. The van der Waals surface area contributed by atoms with Gasteiger partial charge in [0, 0.05) is 11.3 Å². The number of rotatable bonds is 2. The fourth-order valence-electron chi connectivity index (χ4n) is 2.46. The monoisotopic (exact) mass is 230 g/mol. The fraction of sp³-hybridized carbons (Fsp3) is 0.778. The molecule has 15 heavy (non-hydrogen) atoms. The highest BCUT2D eigenvalue weighted by Gasteiger charge is 2.68. The van der Waals surface area contributed by atoms with Crippen LogP contribution in [0.15, 0.2) is 0 Å². The van der Waals surface area contributed by atoms with Crippen molar-refractivity contribution >= 4 is 23.6 Å². The van der Waals surface area contributed by atoms with Gasteiger partial charge in [-0.1, -0.05) is 0 Å². The Bertz CT molecular complexity index is 344. The molecule has 0 saturated carbocycles. The number of fused-ring (bicyclic) bond motifs is 1. The van der Waals surface area contributed by atoms with Gasteiger partial charge in [-0.25, -0.2) is 4.79 Å². The molecule has 2 aliphatic rings. The molecule has 0 bridgehead atoms. The lowest BCUT2D eigenvalue weighted by atomic mass is 9.82. The molecule has 0 spiro atoms. The SMILES string of the molecule is CC1(C)S[C@@H]2CC(=O)N2[C@@]1(CN)C(=O)O. The maximum atomic E-state index is 11.5. The van der Waals surface area contributed by atoms with Crippen LogP contribution in [0.5, 0.6) is 0 Å². The standard InChI is InChI=1S/C9H14N2O3S/c1-8(2)9(4-10,7(13)14)11-5(12)3-6(11)15-8/h6H,3-4,10H2,1-2H3,(H,13,14)/t6-,9+/m1/s1. The van der Waals surface area contributed by atoms with E-state index in [0.717, 1.165) is 0 Å². The Balaban J connectivity index is 2.49. The molecule has 2 atom stereocenters. The van der Waals surface area contributed by atoms with Gasteiger partial charge in [0.15, 0.2) is 5.54 Å². The van der Waals surface area contributed by atoms with E-state index in [1.54, 1.807) is 0 Å². The third kappa shape index (κ3) is 1.04. The second kappa shape index (κ2) is 2.89. The van der Waals surface area contributed by atoms with E-state index in [1.807, 2.05) is 13.8 Å². The van der Waals surface area contributed by atoms with Crippen molar-refractivity contribution in [1.82, 2.24) is 4.90 Å². The molecule has 0 aromatic heterocycles. The summed E-state index contributed by atoms with van der Waals surface area (Å²) >= 11 is 1.53. The van der Waals surface area contributed by atoms with E-state index >= 15 is 0 Å². The van der Waals surface area contributed by atoms with Crippen LogP contribution in [0, 0.1) is 0 Å². The minimum absolute atomic E-state index is 0.00727. The molecule has 3 N–H and O–H groups in total. The van der Waals surface area contributed by atoms with Crippen molar-refractivity contribution in [3.05, 3.63) is 0 Å². The van der Waals surface area contributed by atoms with Crippen LogP contribution in [0.3, 0.4) is 0 Å². The molecule has 0 aromatic rings. The number of carbonyl (C=O) groups excluding carboxylic acids is 1. The molecule has 2 saturated heterocycles. The molecule has 0 radical (unpaired) electrons. The van der Waals surface area contributed by atoms with E-state index in [2.05, 4.69) is 0 Å². The number of carboxylic acid groups (broad SMARTS) is 1. The van der Waals surface area contributed by atoms with Crippen LogP contribution in [0.1, 0.15) is 20.3 Å². The van der Waals surface area contributed by atoms with Crippen molar-refractivity contribution in [3.63, 3.8) is 0 Å². The Morgan fingerprint density at radius 1 is 1.73 bits per heavy atom. The van der Waals surface area contributed by atoms with E-state index in [0.29, 0.717) is 6.42 Å². The van der Waals surface area contributed by atoms with Crippen LogP contribution in [-0.2, 0) is 9.59 Å². The molecule has 2 fully saturated rings. The summed E-state index contributed by atoms with van der Waals surface area (Å²) in [4.78, 5) is 24.3. The average molecular weight is 230 g/mol. The highest BCUT2D eigenvalue weighted by Crippen LogP contribution is 2.56. The quantitative estimate of drug-likeness (QED) is 0.645. The average Bonchev–Trinajstić information content (AvgIpc) is 2.29. The molecule has 5 nitrogen and oxygen atoms in total. The minimum atomic E-state index is -1.24. The van der Waals surface area contributed by atoms with Gasteiger partial charge in [0.1, 0.15) is 0 Å². The van der Waals surface area contributed by atoms with E-state index in [9.17, 15) is 14.7 Å². The summed E-state index contributed by atoms with van der Waals surface area (Å²) in [5.74, 6) is -1.11. The molecule has 2 rings (SSSR count). The van der Waals surface area contributed by atoms with Crippen molar-refractivity contribution in [3.8, 4) is 0 Å². The van der Waals surface area contributed by atoms with Gasteiger partial charge in [-0.05, 0) is 13.8 Å². The third-order valence-electron chi connectivity index (χ3n) is 3.39. The Kier molecular flexibility index (Phi) is 2.07. The number of amides is 1. The van der Waals surface area contributed by atoms with E-state index in [1.165, 1.54) is 16.7 Å². The molecule has 2 aliphatic heterocycles. The van der Waals surface area contributed by atoms with Crippen LogP contribution < -0.4 is 5.73 Å². The van der Waals surface area contributed by atoms with Crippen LogP contribution in [0.25, 0.3) is 0 Å². The minimum Gasteiger partial charge on any atom is -0.479 e. The van der Waals surface area contributed by atoms with Gasteiger partial charge in [-0.2, -0.15) is 0 Å². The van der Waals surface area contributed by atoms with Gasteiger partial charge in [0.25, 0.3) is 0 Å². The van der Waals surface area contributed by atoms with Crippen molar-refractivity contribution in [2.24, 2.45) is 5.73 Å². The molecule has 84 valence electrons. The number of hydrogen-bond acceptors (Lipinski definition) is 4. The smallest absolute Gasteiger partial charge is 0.332 e. The van der Waals surface area contributed by atoms with Crippen LogP contribution >= 0.6 is 11.8 Å². The molecule has 0 aromatic carbocycles. The van der Waals surface area contributed by atoms with Gasteiger partial charge < -0.3 is 15.7 Å². The molecule has 2 heterocycles. The molecule has 6 heteroatoms. The Morgan fingerprint density at radius 3 is 2.67 bits per heavy atom. The molecule has 0 unspecified atom stereocenters. The van der Waals surface area contributed by atoms with E-state index in [4.69, 9.17) is 5.73 Å². The lowest BCUT2D eigenvalue weighted by Crippen LogP contribution is -2.70. The number of hydrogen-bond donors (Lipinski definition) is 2. The van der Waals surface area contributed by atoms with Gasteiger partial charge in [0.2, 0.25) is 5.91 Å².